The number of hydrogen-bond donors (Lipinski definition) is 1. The Kier molecular flexibility index (Phi) is 6.21. The molecule has 4 nitrogen and oxygen atoms in total. The van der Waals surface area contributed by atoms with E-state index in [2.05, 4.69) is 0 Å². The molecule has 1 aliphatic rings. The van der Waals surface area contributed by atoms with E-state index in [9.17, 15) is 14.7 Å². The summed E-state index contributed by atoms with van der Waals surface area (Å²) in [4.78, 5) is 26.2. The van der Waals surface area contributed by atoms with Gasteiger partial charge in [0.05, 0.1) is 4.91 Å². The van der Waals surface area contributed by atoms with Gasteiger partial charge in [0.1, 0.15) is 10.4 Å². The molecule has 2 aromatic rings. The third kappa shape index (κ3) is 4.72. The minimum atomic E-state index is -1.07. The zero-order valence-electron chi connectivity index (χ0n) is 14.3. The second kappa shape index (κ2) is 8.79. The van der Waals surface area contributed by atoms with E-state index in [1.54, 1.807) is 12.2 Å². The van der Waals surface area contributed by atoms with Crippen LogP contribution in [-0.2, 0) is 16.0 Å². The number of aliphatic carboxylic acids is 1. The first-order chi connectivity index (χ1) is 13.1. The number of amides is 1. The number of allylic oxidation sites excluding steroid dienone is 2. The highest BCUT2D eigenvalue weighted by molar-refractivity contribution is 8.26. The van der Waals surface area contributed by atoms with Crippen molar-refractivity contribution < 1.29 is 14.7 Å². The van der Waals surface area contributed by atoms with Gasteiger partial charge in [-0.25, -0.2) is 4.79 Å². The van der Waals surface area contributed by atoms with Crippen molar-refractivity contribution in [2.45, 2.75) is 12.5 Å². The predicted molar refractivity (Wildman–Crippen MR) is 112 cm³/mol. The number of rotatable bonds is 6. The number of carbonyl (C=O) groups excluding carboxylic acids is 1. The Morgan fingerprint density at radius 1 is 1.11 bits per heavy atom. The molecule has 1 atom stereocenters. The lowest BCUT2D eigenvalue weighted by Crippen LogP contribution is -2.45. The fourth-order valence-corrected chi connectivity index (χ4v) is 4.01. The molecule has 1 heterocycles. The number of thioether (sulfide) groups is 1. The fraction of sp³-hybridized carbons (Fsp3) is 0.0952. The summed E-state index contributed by atoms with van der Waals surface area (Å²) in [5, 5.41) is 9.65. The highest BCUT2D eigenvalue weighted by Gasteiger charge is 2.40. The lowest BCUT2D eigenvalue weighted by Gasteiger charge is -2.23. The van der Waals surface area contributed by atoms with Gasteiger partial charge >= 0.3 is 5.97 Å². The maximum absolute atomic E-state index is 12.7. The summed E-state index contributed by atoms with van der Waals surface area (Å²) in [5.74, 6) is -1.44. The van der Waals surface area contributed by atoms with Crippen LogP contribution in [0.5, 0.6) is 0 Å². The first-order valence-corrected chi connectivity index (χ1v) is 9.54. The van der Waals surface area contributed by atoms with Gasteiger partial charge in [0, 0.05) is 6.42 Å². The summed E-state index contributed by atoms with van der Waals surface area (Å²) in [6.45, 7) is 0. The van der Waals surface area contributed by atoms with Crippen LogP contribution in [0.1, 0.15) is 11.1 Å². The van der Waals surface area contributed by atoms with Gasteiger partial charge in [0.15, 0.2) is 0 Å². The third-order valence-corrected chi connectivity index (χ3v) is 5.38. The first-order valence-electron chi connectivity index (χ1n) is 8.32. The largest absolute Gasteiger partial charge is 0.480 e. The number of carbonyl (C=O) groups is 2. The molecule has 0 spiro atoms. The van der Waals surface area contributed by atoms with Crippen LogP contribution in [0, 0.1) is 0 Å². The average Bonchev–Trinajstić information content (AvgIpc) is 2.95. The van der Waals surface area contributed by atoms with Gasteiger partial charge in [-0.1, -0.05) is 96.8 Å². The predicted octanol–water partition coefficient (Wildman–Crippen LogP) is 4.14. The molecular formula is C21H17NO3S2. The van der Waals surface area contributed by atoms with Crippen molar-refractivity contribution in [2.75, 3.05) is 0 Å². The molecule has 1 amide bonds. The topological polar surface area (TPSA) is 57.6 Å². The summed E-state index contributed by atoms with van der Waals surface area (Å²) in [5.41, 5.74) is 1.85. The molecule has 136 valence electrons. The van der Waals surface area contributed by atoms with Crippen LogP contribution in [0.3, 0.4) is 0 Å². The summed E-state index contributed by atoms with van der Waals surface area (Å²) in [6, 6.07) is 17.9. The maximum Gasteiger partial charge on any atom is 0.327 e. The van der Waals surface area contributed by atoms with Crippen molar-refractivity contribution in [3.8, 4) is 0 Å². The fourth-order valence-electron chi connectivity index (χ4n) is 2.70. The average molecular weight is 396 g/mol. The highest BCUT2D eigenvalue weighted by atomic mass is 32.2. The van der Waals surface area contributed by atoms with Crippen LogP contribution in [0.4, 0.5) is 0 Å². The van der Waals surface area contributed by atoms with Crippen molar-refractivity contribution in [1.29, 1.82) is 0 Å². The van der Waals surface area contributed by atoms with E-state index in [0.29, 0.717) is 4.91 Å². The van der Waals surface area contributed by atoms with Crippen LogP contribution in [0.15, 0.2) is 77.7 Å². The SMILES string of the molecule is O=C(O)[C@@H](Cc1ccccc1)N1C(=O)/C(=C\C=C\c2ccccc2)SC1=S. The summed E-state index contributed by atoms with van der Waals surface area (Å²) in [6.07, 6.45) is 5.53. The van der Waals surface area contributed by atoms with E-state index >= 15 is 0 Å². The Hall–Kier alpha value is -2.70. The molecule has 0 aliphatic carbocycles. The molecule has 2 aromatic carbocycles. The summed E-state index contributed by atoms with van der Waals surface area (Å²) in [7, 11) is 0. The van der Waals surface area contributed by atoms with E-state index in [0.717, 1.165) is 22.9 Å². The zero-order valence-corrected chi connectivity index (χ0v) is 16.0. The second-order valence-corrected chi connectivity index (χ2v) is 7.56. The lowest BCUT2D eigenvalue weighted by atomic mass is 10.0. The molecule has 0 saturated carbocycles. The van der Waals surface area contributed by atoms with Gasteiger partial charge in [-0.05, 0) is 17.2 Å². The Bertz CT molecular complexity index is 908. The second-order valence-electron chi connectivity index (χ2n) is 5.89. The van der Waals surface area contributed by atoms with Gasteiger partial charge in [-0.3, -0.25) is 9.69 Å². The Morgan fingerprint density at radius 2 is 1.74 bits per heavy atom. The molecule has 0 bridgehead atoms. The summed E-state index contributed by atoms with van der Waals surface area (Å²) < 4.78 is 0.266. The van der Waals surface area contributed by atoms with E-state index in [1.165, 1.54) is 4.90 Å². The number of carboxylic acids is 1. The summed E-state index contributed by atoms with van der Waals surface area (Å²) >= 11 is 6.42. The van der Waals surface area contributed by atoms with Gasteiger partial charge < -0.3 is 5.11 Å². The smallest absolute Gasteiger partial charge is 0.327 e. The standard InChI is InChI=1S/C21H17NO3S2/c23-19-18(13-7-12-15-8-3-1-4-9-15)27-21(26)22(19)17(20(24)25)14-16-10-5-2-6-11-16/h1-13,17H,14H2,(H,24,25)/b12-7+,18-13+/t17-/m1/s1. The van der Waals surface area contributed by atoms with Gasteiger partial charge in [-0.15, -0.1) is 0 Å². The minimum absolute atomic E-state index is 0.204. The molecule has 0 unspecified atom stereocenters. The molecule has 0 aromatic heterocycles. The monoisotopic (exact) mass is 395 g/mol. The molecule has 3 rings (SSSR count). The highest BCUT2D eigenvalue weighted by Crippen LogP contribution is 2.33. The zero-order chi connectivity index (χ0) is 19.2. The van der Waals surface area contributed by atoms with Crippen LogP contribution in [0.25, 0.3) is 6.08 Å². The van der Waals surface area contributed by atoms with Gasteiger partial charge in [-0.2, -0.15) is 0 Å². The number of nitrogens with zero attached hydrogens (tertiary/aromatic N) is 1. The number of carboxylic acid groups (broad SMARTS) is 1. The molecular weight excluding hydrogens is 378 g/mol. The van der Waals surface area contributed by atoms with Crippen LogP contribution in [-0.4, -0.2) is 32.2 Å². The quantitative estimate of drug-likeness (QED) is 0.588. The van der Waals surface area contributed by atoms with E-state index < -0.39 is 12.0 Å². The van der Waals surface area contributed by atoms with Crippen LogP contribution < -0.4 is 0 Å². The molecule has 6 heteroatoms. The first kappa shape index (κ1) is 19.1. The van der Waals surface area contributed by atoms with E-state index in [1.807, 2.05) is 66.7 Å². The molecule has 1 saturated heterocycles. The third-order valence-electron chi connectivity index (χ3n) is 4.03. The number of thiocarbonyl (C=S) groups is 1. The Balaban J connectivity index is 1.78. The van der Waals surface area contributed by atoms with Crippen LogP contribution >= 0.6 is 24.0 Å². The van der Waals surface area contributed by atoms with Crippen molar-refractivity contribution in [3.05, 3.63) is 88.8 Å². The minimum Gasteiger partial charge on any atom is -0.480 e. The molecule has 27 heavy (non-hydrogen) atoms. The molecule has 1 N–H and O–H groups in total. The van der Waals surface area contributed by atoms with Crippen molar-refractivity contribution >= 4 is 46.3 Å². The normalized spacial score (nSPS) is 17.0. The van der Waals surface area contributed by atoms with E-state index in [4.69, 9.17) is 12.2 Å². The number of benzene rings is 2. The van der Waals surface area contributed by atoms with Crippen molar-refractivity contribution in [1.82, 2.24) is 4.90 Å². The van der Waals surface area contributed by atoms with Gasteiger partial charge in [0.25, 0.3) is 5.91 Å². The maximum atomic E-state index is 12.7. The Labute approximate surface area is 167 Å². The van der Waals surface area contributed by atoms with Crippen LogP contribution in [0.2, 0.25) is 0 Å². The molecule has 1 aliphatic heterocycles. The van der Waals surface area contributed by atoms with Gasteiger partial charge in [0.2, 0.25) is 0 Å². The lowest BCUT2D eigenvalue weighted by molar-refractivity contribution is -0.145. The molecule has 0 radical (unpaired) electrons. The van der Waals surface area contributed by atoms with Crippen molar-refractivity contribution in [3.63, 3.8) is 0 Å². The Morgan fingerprint density at radius 3 is 2.37 bits per heavy atom. The van der Waals surface area contributed by atoms with Crippen molar-refractivity contribution in [2.24, 2.45) is 0 Å². The van der Waals surface area contributed by atoms with E-state index in [-0.39, 0.29) is 16.6 Å². The number of hydrogen-bond acceptors (Lipinski definition) is 4. The molecule has 1 fully saturated rings.